The molecular weight excluding hydrogens is 394 g/mol. The number of hydrogen-bond donors (Lipinski definition) is 4. The van der Waals surface area contributed by atoms with Crippen LogP contribution in [0.2, 0.25) is 0 Å². The van der Waals surface area contributed by atoms with Crippen LogP contribution in [0.25, 0.3) is 0 Å². The van der Waals surface area contributed by atoms with Gasteiger partial charge in [-0.05, 0) is 67.6 Å². The lowest BCUT2D eigenvalue weighted by Gasteiger charge is -2.32. The highest BCUT2D eigenvalue weighted by atomic mass is 16.3. The van der Waals surface area contributed by atoms with Crippen molar-refractivity contribution in [3.05, 3.63) is 53.1 Å². The van der Waals surface area contributed by atoms with Gasteiger partial charge in [-0.25, -0.2) is 0 Å². The average Bonchev–Trinajstić information content (AvgIpc) is 2.76. The molecule has 0 unspecified atom stereocenters. The minimum atomic E-state index is -0.132. The minimum absolute atomic E-state index is 0.0467. The van der Waals surface area contributed by atoms with E-state index in [9.17, 15) is 19.8 Å². The van der Waals surface area contributed by atoms with Crippen LogP contribution in [0.5, 0.6) is 5.75 Å². The van der Waals surface area contributed by atoms with E-state index in [1.807, 2.05) is 18.2 Å². The molecule has 7 nitrogen and oxygen atoms in total. The van der Waals surface area contributed by atoms with Gasteiger partial charge in [-0.1, -0.05) is 0 Å². The van der Waals surface area contributed by atoms with Crippen molar-refractivity contribution >= 4 is 23.1 Å². The molecule has 4 N–H and O–H groups in total. The molecule has 2 aromatic rings. The van der Waals surface area contributed by atoms with E-state index in [2.05, 4.69) is 15.5 Å². The van der Waals surface area contributed by atoms with Gasteiger partial charge in [0.15, 0.2) is 5.78 Å². The number of fused-ring (bicyclic) bond motifs is 1. The highest BCUT2D eigenvalue weighted by Crippen LogP contribution is 2.25. The molecule has 31 heavy (non-hydrogen) atoms. The Labute approximate surface area is 182 Å². The van der Waals surface area contributed by atoms with Gasteiger partial charge in [0.1, 0.15) is 5.75 Å². The average molecular weight is 424 g/mol. The largest absolute Gasteiger partial charge is 0.508 e. The lowest BCUT2D eigenvalue weighted by molar-refractivity contribution is -0.117. The van der Waals surface area contributed by atoms with Crippen molar-refractivity contribution in [2.24, 2.45) is 0 Å². The van der Waals surface area contributed by atoms with Gasteiger partial charge in [0, 0.05) is 48.1 Å². The molecule has 0 bridgehead atoms. The Morgan fingerprint density at radius 3 is 2.68 bits per heavy atom. The van der Waals surface area contributed by atoms with Gasteiger partial charge in [0.05, 0.1) is 13.2 Å². The number of carbonyl (C=O) groups excluding carboxylic acids is 2. The molecule has 7 heteroatoms. The van der Waals surface area contributed by atoms with Crippen LogP contribution in [0.4, 0.5) is 11.4 Å². The summed E-state index contributed by atoms with van der Waals surface area (Å²) in [5, 5.41) is 25.5. The molecule has 2 aromatic carbocycles. The highest BCUT2D eigenvalue weighted by molar-refractivity contribution is 5.99. The second-order valence-electron chi connectivity index (χ2n) is 8.39. The van der Waals surface area contributed by atoms with Crippen molar-refractivity contribution in [1.29, 1.82) is 0 Å². The number of hydrogen-bond acceptors (Lipinski definition) is 6. The maximum Gasteiger partial charge on any atom is 0.238 e. The third kappa shape index (κ3) is 5.24. The number of rotatable bonds is 6. The van der Waals surface area contributed by atoms with E-state index in [1.54, 1.807) is 18.2 Å². The molecule has 1 aliphatic carbocycles. The number of aliphatic hydroxyl groups excluding tert-OH is 1. The lowest BCUT2D eigenvalue weighted by Crippen LogP contribution is -2.42. The molecule has 1 heterocycles. The fraction of sp³-hybridized carbons (Fsp3) is 0.417. The van der Waals surface area contributed by atoms with E-state index >= 15 is 0 Å². The summed E-state index contributed by atoms with van der Waals surface area (Å²) in [6, 6.07) is 10.8. The molecule has 0 atom stereocenters. The maximum absolute atomic E-state index is 12.5. The van der Waals surface area contributed by atoms with Crippen LogP contribution < -0.4 is 10.6 Å². The van der Waals surface area contributed by atoms with Crippen LogP contribution >= 0.6 is 0 Å². The van der Waals surface area contributed by atoms with Gasteiger partial charge < -0.3 is 20.8 Å². The number of nitrogens with one attached hydrogen (secondary N) is 2. The summed E-state index contributed by atoms with van der Waals surface area (Å²) in [6.45, 7) is 1.81. The Bertz CT molecular complexity index is 967. The van der Waals surface area contributed by atoms with Crippen molar-refractivity contribution in [2.75, 3.05) is 30.3 Å². The molecule has 1 aliphatic heterocycles. The summed E-state index contributed by atoms with van der Waals surface area (Å²) in [4.78, 5) is 26.6. The van der Waals surface area contributed by atoms with E-state index in [0.717, 1.165) is 61.3 Å². The van der Waals surface area contributed by atoms with Crippen LogP contribution in [0, 0.1) is 0 Å². The van der Waals surface area contributed by atoms with E-state index < -0.39 is 0 Å². The highest BCUT2D eigenvalue weighted by Gasteiger charge is 2.22. The molecule has 0 spiro atoms. The SMILES string of the molecule is O=C(CN1CCC(Nc2ccc(O)cc2CO)CC1)Nc1ccc2c(c1)CCCC2=O. The molecular formula is C24H29N3O4. The number of piperidine rings is 1. The van der Waals surface area contributed by atoms with Crippen molar-refractivity contribution < 1.29 is 19.8 Å². The van der Waals surface area contributed by atoms with E-state index in [-0.39, 0.29) is 30.1 Å². The van der Waals surface area contributed by atoms with E-state index in [1.165, 1.54) is 0 Å². The monoisotopic (exact) mass is 423 g/mol. The number of carbonyl (C=O) groups is 2. The number of phenolic OH excluding ortho intramolecular Hbond substituents is 1. The molecule has 2 aliphatic rings. The molecule has 164 valence electrons. The van der Waals surface area contributed by atoms with Crippen LogP contribution in [0.1, 0.15) is 47.2 Å². The zero-order chi connectivity index (χ0) is 21.8. The first-order valence-electron chi connectivity index (χ1n) is 10.9. The number of aryl methyl sites for hydroxylation is 1. The normalized spacial score (nSPS) is 17.3. The third-order valence-corrected chi connectivity index (χ3v) is 6.11. The lowest BCUT2D eigenvalue weighted by atomic mass is 9.90. The molecule has 4 rings (SSSR count). The van der Waals surface area contributed by atoms with E-state index in [4.69, 9.17) is 0 Å². The summed E-state index contributed by atoms with van der Waals surface area (Å²) >= 11 is 0. The van der Waals surface area contributed by atoms with Crippen LogP contribution in [-0.2, 0) is 17.8 Å². The number of aromatic hydroxyl groups is 1. The molecule has 0 radical (unpaired) electrons. The zero-order valence-corrected chi connectivity index (χ0v) is 17.6. The first-order chi connectivity index (χ1) is 15.0. The van der Waals surface area contributed by atoms with Crippen molar-refractivity contribution in [3.63, 3.8) is 0 Å². The minimum Gasteiger partial charge on any atom is -0.508 e. The molecule has 1 saturated heterocycles. The Kier molecular flexibility index (Phi) is 6.53. The van der Waals surface area contributed by atoms with Gasteiger partial charge in [0.25, 0.3) is 0 Å². The molecule has 0 aromatic heterocycles. The number of benzene rings is 2. The summed E-state index contributed by atoms with van der Waals surface area (Å²) in [7, 11) is 0. The predicted molar refractivity (Wildman–Crippen MR) is 119 cm³/mol. The van der Waals surface area contributed by atoms with Gasteiger partial charge in [0.2, 0.25) is 5.91 Å². The number of likely N-dealkylation sites (tertiary alicyclic amines) is 1. The number of anilines is 2. The van der Waals surface area contributed by atoms with E-state index in [0.29, 0.717) is 18.5 Å². The Morgan fingerprint density at radius 1 is 1.10 bits per heavy atom. The third-order valence-electron chi connectivity index (χ3n) is 6.11. The second-order valence-corrected chi connectivity index (χ2v) is 8.39. The molecule has 1 fully saturated rings. The smallest absolute Gasteiger partial charge is 0.238 e. The quantitative estimate of drug-likeness (QED) is 0.533. The number of nitrogens with zero attached hydrogens (tertiary/aromatic N) is 1. The fourth-order valence-electron chi connectivity index (χ4n) is 4.44. The maximum atomic E-state index is 12.5. The standard InChI is InChI=1S/C24H29N3O4/c28-15-17-13-20(29)5-7-22(17)25-18-8-10-27(11-9-18)14-24(31)26-19-4-6-21-16(12-19)2-1-3-23(21)30/h4-7,12-13,18,25,28-29H,1-3,8-11,14-15H2,(H,26,31). The summed E-state index contributed by atoms with van der Waals surface area (Å²) < 4.78 is 0. The molecule has 0 saturated carbocycles. The van der Waals surface area contributed by atoms with Gasteiger partial charge in [-0.3, -0.25) is 14.5 Å². The Hall–Kier alpha value is -2.90. The van der Waals surface area contributed by atoms with Gasteiger partial charge in [-0.15, -0.1) is 0 Å². The second kappa shape index (κ2) is 9.49. The summed E-state index contributed by atoms with van der Waals surface area (Å²) in [5.74, 6) is 0.282. The van der Waals surface area contributed by atoms with Crippen LogP contribution in [0.15, 0.2) is 36.4 Å². The number of phenols is 1. The summed E-state index contributed by atoms with van der Waals surface area (Å²) in [6.07, 6.45) is 4.14. The fourth-order valence-corrected chi connectivity index (χ4v) is 4.44. The van der Waals surface area contributed by atoms with Crippen LogP contribution in [-0.4, -0.2) is 52.5 Å². The topological polar surface area (TPSA) is 102 Å². The van der Waals surface area contributed by atoms with Crippen molar-refractivity contribution in [3.8, 4) is 5.75 Å². The Morgan fingerprint density at radius 2 is 1.90 bits per heavy atom. The number of Topliss-reactive ketones (excluding diaryl/α,β-unsaturated/α-hetero) is 1. The molecule has 1 amide bonds. The first-order valence-corrected chi connectivity index (χ1v) is 10.9. The number of ketones is 1. The van der Waals surface area contributed by atoms with Crippen LogP contribution in [0.3, 0.4) is 0 Å². The predicted octanol–water partition coefficient (Wildman–Crippen LogP) is 2.92. The van der Waals surface area contributed by atoms with Gasteiger partial charge in [-0.2, -0.15) is 0 Å². The van der Waals surface area contributed by atoms with Gasteiger partial charge >= 0.3 is 0 Å². The van der Waals surface area contributed by atoms with Crippen molar-refractivity contribution in [2.45, 2.75) is 44.8 Å². The zero-order valence-electron chi connectivity index (χ0n) is 17.6. The first kappa shape index (κ1) is 21.3. The Balaban J connectivity index is 1.26. The number of amides is 1. The summed E-state index contributed by atoms with van der Waals surface area (Å²) in [5.41, 5.74) is 4.07. The van der Waals surface area contributed by atoms with Crippen molar-refractivity contribution in [1.82, 2.24) is 4.90 Å². The number of aliphatic hydroxyl groups is 1.